The molecule has 0 heterocycles. The summed E-state index contributed by atoms with van der Waals surface area (Å²) in [5, 5.41) is 11.6. The van der Waals surface area contributed by atoms with Gasteiger partial charge in [-0.2, -0.15) is 0 Å². The van der Waals surface area contributed by atoms with Crippen molar-refractivity contribution in [2.24, 2.45) is 0 Å². The van der Waals surface area contributed by atoms with Gasteiger partial charge >= 0.3 is 12.1 Å². The van der Waals surface area contributed by atoms with Gasteiger partial charge in [0, 0.05) is 9.99 Å². The fourth-order valence-corrected chi connectivity index (χ4v) is 2.16. The summed E-state index contributed by atoms with van der Waals surface area (Å²) in [7, 11) is 0. The quantitative estimate of drug-likeness (QED) is 0.775. The second-order valence-corrected chi connectivity index (χ2v) is 6.62. The molecule has 0 fully saturated rings. The summed E-state index contributed by atoms with van der Waals surface area (Å²) in [5.74, 6) is -1.09. The lowest BCUT2D eigenvalue weighted by molar-refractivity contribution is -0.139. The molecule has 0 bridgehead atoms. The largest absolute Gasteiger partial charge is 0.480 e. The highest BCUT2D eigenvalue weighted by molar-refractivity contribution is 14.1. The Kier molecular flexibility index (Phi) is 5.79. The third-order valence-electron chi connectivity index (χ3n) is 2.32. The van der Waals surface area contributed by atoms with Gasteiger partial charge in [-0.05, 0) is 61.1 Å². The summed E-state index contributed by atoms with van der Waals surface area (Å²) in [6, 6.07) is 6.47. The van der Waals surface area contributed by atoms with Crippen molar-refractivity contribution in [2.75, 3.05) is 0 Å². The number of alkyl carbamates (subject to hydrolysis) is 1. The number of amides is 1. The van der Waals surface area contributed by atoms with Crippen molar-refractivity contribution in [3.8, 4) is 0 Å². The number of hydrogen-bond donors (Lipinski definition) is 2. The highest BCUT2D eigenvalue weighted by atomic mass is 127. The van der Waals surface area contributed by atoms with Crippen LogP contribution in [0, 0.1) is 3.57 Å². The Labute approximate surface area is 131 Å². The number of carbonyl (C=O) groups excluding carboxylic acids is 1. The molecule has 1 rings (SSSR count). The van der Waals surface area contributed by atoms with Crippen LogP contribution in [0.4, 0.5) is 4.79 Å². The molecule has 0 aliphatic rings. The Morgan fingerprint density at radius 2 is 2.05 bits per heavy atom. The minimum absolute atomic E-state index is 0.214. The number of benzene rings is 1. The fraction of sp³-hybridized carbons (Fsp3) is 0.429. The minimum Gasteiger partial charge on any atom is -0.480 e. The van der Waals surface area contributed by atoms with Crippen LogP contribution in [0.1, 0.15) is 26.3 Å². The van der Waals surface area contributed by atoms with E-state index in [0.717, 1.165) is 9.13 Å². The van der Waals surface area contributed by atoms with Crippen molar-refractivity contribution in [2.45, 2.75) is 38.8 Å². The molecule has 0 saturated heterocycles. The molecule has 0 aromatic heterocycles. The summed E-state index contributed by atoms with van der Waals surface area (Å²) in [5.41, 5.74) is 0.190. The number of halogens is 1. The maximum atomic E-state index is 11.6. The maximum absolute atomic E-state index is 11.6. The first-order chi connectivity index (χ1) is 9.17. The van der Waals surface area contributed by atoms with Crippen LogP contribution >= 0.6 is 22.6 Å². The predicted molar refractivity (Wildman–Crippen MR) is 83.7 cm³/mol. The molecule has 1 unspecified atom stereocenters. The molecule has 1 aromatic carbocycles. The molecule has 2 N–H and O–H groups in total. The van der Waals surface area contributed by atoms with Gasteiger partial charge in [0.2, 0.25) is 0 Å². The number of rotatable bonds is 4. The van der Waals surface area contributed by atoms with E-state index < -0.39 is 23.7 Å². The molecule has 0 radical (unpaired) electrons. The van der Waals surface area contributed by atoms with E-state index >= 15 is 0 Å². The Hall–Kier alpha value is -1.31. The van der Waals surface area contributed by atoms with Gasteiger partial charge in [0.15, 0.2) is 0 Å². The summed E-state index contributed by atoms with van der Waals surface area (Å²) < 4.78 is 6.08. The van der Waals surface area contributed by atoms with E-state index in [1.807, 2.05) is 24.3 Å². The number of carboxylic acids is 1. The molecule has 110 valence electrons. The lowest BCUT2D eigenvalue weighted by atomic mass is 10.1. The SMILES string of the molecule is CC(C)(C)OC(=O)NC(Cc1cccc(I)c1)C(=O)O. The Bertz CT molecular complexity index is 496. The number of carbonyl (C=O) groups is 2. The van der Waals surface area contributed by atoms with Crippen LogP contribution in [0.5, 0.6) is 0 Å². The lowest BCUT2D eigenvalue weighted by Gasteiger charge is -2.22. The molecular formula is C14H18INO4. The first kappa shape index (κ1) is 16.7. The molecule has 1 atom stereocenters. The molecule has 0 saturated carbocycles. The zero-order chi connectivity index (χ0) is 15.3. The van der Waals surface area contributed by atoms with E-state index in [1.54, 1.807) is 20.8 Å². The van der Waals surface area contributed by atoms with Crippen LogP contribution in [0.3, 0.4) is 0 Å². The van der Waals surface area contributed by atoms with E-state index in [0.29, 0.717) is 0 Å². The molecule has 6 heteroatoms. The smallest absolute Gasteiger partial charge is 0.408 e. The third kappa shape index (κ3) is 6.23. The monoisotopic (exact) mass is 391 g/mol. The molecular weight excluding hydrogens is 373 g/mol. The second kappa shape index (κ2) is 6.92. The third-order valence-corrected chi connectivity index (χ3v) is 2.99. The van der Waals surface area contributed by atoms with Crippen LogP contribution in [-0.2, 0) is 16.0 Å². The van der Waals surface area contributed by atoms with Crippen molar-refractivity contribution >= 4 is 34.7 Å². The first-order valence-corrected chi connectivity index (χ1v) is 7.22. The van der Waals surface area contributed by atoms with E-state index in [2.05, 4.69) is 27.9 Å². The fourth-order valence-electron chi connectivity index (χ4n) is 1.55. The molecule has 0 aliphatic carbocycles. The maximum Gasteiger partial charge on any atom is 0.408 e. The zero-order valence-electron chi connectivity index (χ0n) is 11.6. The van der Waals surface area contributed by atoms with Gasteiger partial charge in [0.05, 0.1) is 0 Å². The summed E-state index contributed by atoms with van der Waals surface area (Å²) in [4.78, 5) is 22.9. The van der Waals surface area contributed by atoms with Gasteiger partial charge in [-0.1, -0.05) is 12.1 Å². The van der Waals surface area contributed by atoms with Crippen molar-refractivity contribution in [1.82, 2.24) is 5.32 Å². The average molecular weight is 391 g/mol. The molecule has 20 heavy (non-hydrogen) atoms. The van der Waals surface area contributed by atoms with Crippen LogP contribution in [0.15, 0.2) is 24.3 Å². The number of aliphatic carboxylic acids is 1. The summed E-state index contributed by atoms with van der Waals surface area (Å²) in [6.45, 7) is 5.17. The van der Waals surface area contributed by atoms with Crippen molar-refractivity contribution < 1.29 is 19.4 Å². The number of carboxylic acid groups (broad SMARTS) is 1. The van der Waals surface area contributed by atoms with Gasteiger partial charge in [-0.3, -0.25) is 0 Å². The zero-order valence-corrected chi connectivity index (χ0v) is 13.8. The van der Waals surface area contributed by atoms with Gasteiger partial charge in [0.1, 0.15) is 11.6 Å². The highest BCUT2D eigenvalue weighted by Gasteiger charge is 2.24. The van der Waals surface area contributed by atoms with Gasteiger partial charge in [-0.25, -0.2) is 9.59 Å². The van der Waals surface area contributed by atoms with Crippen molar-refractivity contribution in [3.05, 3.63) is 33.4 Å². The van der Waals surface area contributed by atoms with E-state index in [9.17, 15) is 14.7 Å². The van der Waals surface area contributed by atoms with Crippen LogP contribution in [0.25, 0.3) is 0 Å². The van der Waals surface area contributed by atoms with Crippen molar-refractivity contribution in [1.29, 1.82) is 0 Å². The Balaban J connectivity index is 2.71. The van der Waals surface area contributed by atoms with Gasteiger partial charge in [-0.15, -0.1) is 0 Å². The molecule has 1 aromatic rings. The first-order valence-electron chi connectivity index (χ1n) is 6.14. The molecule has 1 amide bonds. The van der Waals surface area contributed by atoms with Gasteiger partial charge < -0.3 is 15.2 Å². The van der Waals surface area contributed by atoms with Crippen molar-refractivity contribution in [3.63, 3.8) is 0 Å². The van der Waals surface area contributed by atoms with E-state index in [-0.39, 0.29) is 6.42 Å². The second-order valence-electron chi connectivity index (χ2n) is 5.37. The number of nitrogens with one attached hydrogen (secondary N) is 1. The van der Waals surface area contributed by atoms with E-state index in [4.69, 9.17) is 4.74 Å². The van der Waals surface area contributed by atoms with E-state index in [1.165, 1.54) is 0 Å². The standard InChI is InChI=1S/C14H18INO4/c1-14(2,3)20-13(19)16-11(12(17)18)8-9-5-4-6-10(15)7-9/h4-7,11H,8H2,1-3H3,(H,16,19)(H,17,18). The van der Waals surface area contributed by atoms with Gasteiger partial charge in [0.25, 0.3) is 0 Å². The topological polar surface area (TPSA) is 75.6 Å². The predicted octanol–water partition coefficient (Wildman–Crippen LogP) is 2.81. The van der Waals surface area contributed by atoms with Crippen LogP contribution in [-0.4, -0.2) is 28.8 Å². The molecule has 5 nitrogen and oxygen atoms in total. The molecule has 0 spiro atoms. The van der Waals surface area contributed by atoms with Crippen LogP contribution in [0.2, 0.25) is 0 Å². The summed E-state index contributed by atoms with van der Waals surface area (Å²) >= 11 is 2.15. The Morgan fingerprint density at radius 1 is 1.40 bits per heavy atom. The number of hydrogen-bond acceptors (Lipinski definition) is 3. The molecule has 0 aliphatic heterocycles. The van der Waals surface area contributed by atoms with Crippen LogP contribution < -0.4 is 5.32 Å². The number of ether oxygens (including phenoxy) is 1. The normalized spacial score (nSPS) is 12.6. The lowest BCUT2D eigenvalue weighted by Crippen LogP contribution is -2.44. The highest BCUT2D eigenvalue weighted by Crippen LogP contribution is 2.11. The average Bonchev–Trinajstić information content (AvgIpc) is 2.25. The Morgan fingerprint density at radius 3 is 2.55 bits per heavy atom. The minimum atomic E-state index is -1.09. The summed E-state index contributed by atoms with van der Waals surface area (Å²) in [6.07, 6.45) is -0.513.